The van der Waals surface area contributed by atoms with E-state index in [4.69, 9.17) is 0 Å². The molecule has 0 aromatic carbocycles. The van der Waals surface area contributed by atoms with Gasteiger partial charge in [-0.2, -0.15) is 0 Å². The molecule has 0 bridgehead atoms. The lowest BCUT2D eigenvalue weighted by molar-refractivity contribution is 0.477. The Balaban J connectivity index is 0.00000220. The number of fused-ring (bicyclic) bond motifs is 1. The molecule has 120 valence electrons. The minimum Gasteiger partial charge on any atom is -0.354 e. The molecule has 1 aromatic rings. The molecule has 7 heteroatoms. The zero-order chi connectivity index (χ0) is 14.5. The number of rotatable bonds is 4. The van der Waals surface area contributed by atoms with Gasteiger partial charge in [0.2, 0.25) is 0 Å². The molecule has 2 rings (SSSR count). The minimum absolute atomic E-state index is 0. The molecular formula is C14H27IN6. The van der Waals surface area contributed by atoms with Gasteiger partial charge in [0.05, 0.1) is 6.54 Å². The van der Waals surface area contributed by atoms with Crippen molar-refractivity contribution >= 4 is 29.9 Å². The third-order valence-electron chi connectivity index (χ3n) is 3.94. The monoisotopic (exact) mass is 406 g/mol. The summed E-state index contributed by atoms with van der Waals surface area (Å²) in [7, 11) is 1.79. The van der Waals surface area contributed by atoms with Gasteiger partial charge in [0.25, 0.3) is 0 Å². The molecular weight excluding hydrogens is 379 g/mol. The molecule has 6 nitrogen and oxygen atoms in total. The second-order valence-corrected chi connectivity index (χ2v) is 5.74. The average Bonchev–Trinajstić information content (AvgIpc) is 2.86. The maximum absolute atomic E-state index is 4.29. The Morgan fingerprint density at radius 1 is 1.29 bits per heavy atom. The van der Waals surface area contributed by atoms with Gasteiger partial charge in [-0.25, -0.2) is 0 Å². The van der Waals surface area contributed by atoms with E-state index in [1.54, 1.807) is 7.05 Å². The standard InChI is InChI=1S/C14H26N6.HI/c1-10(2)11(3)17-14(15-4)16-9-13-19-18-12-7-5-6-8-20(12)13;/h10-11H,5-9H2,1-4H3,(H2,15,16,17);1H. The first kappa shape index (κ1) is 18.2. The van der Waals surface area contributed by atoms with Gasteiger partial charge in [-0.15, -0.1) is 34.2 Å². The van der Waals surface area contributed by atoms with Crippen LogP contribution in [0.3, 0.4) is 0 Å². The first-order valence-electron chi connectivity index (χ1n) is 7.50. The van der Waals surface area contributed by atoms with Crippen LogP contribution in [0.15, 0.2) is 4.99 Å². The zero-order valence-corrected chi connectivity index (χ0v) is 15.7. The van der Waals surface area contributed by atoms with Crippen LogP contribution in [0.5, 0.6) is 0 Å². The molecule has 21 heavy (non-hydrogen) atoms. The lowest BCUT2D eigenvalue weighted by Crippen LogP contribution is -2.44. The summed E-state index contributed by atoms with van der Waals surface area (Å²) < 4.78 is 2.23. The fourth-order valence-electron chi connectivity index (χ4n) is 2.24. The van der Waals surface area contributed by atoms with Crippen molar-refractivity contribution in [3.63, 3.8) is 0 Å². The third-order valence-corrected chi connectivity index (χ3v) is 3.94. The van der Waals surface area contributed by atoms with Crippen molar-refractivity contribution in [1.29, 1.82) is 0 Å². The second-order valence-electron chi connectivity index (χ2n) is 5.74. The van der Waals surface area contributed by atoms with E-state index >= 15 is 0 Å². The maximum Gasteiger partial charge on any atom is 0.191 e. The van der Waals surface area contributed by atoms with E-state index < -0.39 is 0 Å². The van der Waals surface area contributed by atoms with Gasteiger partial charge in [-0.1, -0.05) is 13.8 Å². The largest absolute Gasteiger partial charge is 0.354 e. The fourth-order valence-corrected chi connectivity index (χ4v) is 2.24. The van der Waals surface area contributed by atoms with Crippen LogP contribution in [0.25, 0.3) is 0 Å². The number of guanidine groups is 1. The Hall–Kier alpha value is -0.860. The summed E-state index contributed by atoms with van der Waals surface area (Å²) in [5.74, 6) is 3.50. The quantitative estimate of drug-likeness (QED) is 0.456. The lowest BCUT2D eigenvalue weighted by atomic mass is 10.1. The molecule has 0 radical (unpaired) electrons. The molecule has 1 aliphatic rings. The first-order valence-corrected chi connectivity index (χ1v) is 7.50. The Morgan fingerprint density at radius 3 is 2.71 bits per heavy atom. The SMILES string of the molecule is CN=C(NCc1nnc2n1CCCC2)NC(C)C(C)C.I. The number of halogens is 1. The highest BCUT2D eigenvalue weighted by molar-refractivity contribution is 14.0. The Kier molecular flexibility index (Phi) is 7.41. The summed E-state index contributed by atoms with van der Waals surface area (Å²) in [6.45, 7) is 8.25. The molecule has 0 saturated carbocycles. The summed E-state index contributed by atoms with van der Waals surface area (Å²) in [5.41, 5.74) is 0. The van der Waals surface area contributed by atoms with Gasteiger partial charge < -0.3 is 15.2 Å². The Labute approximate surface area is 144 Å². The molecule has 1 atom stereocenters. The highest BCUT2D eigenvalue weighted by Crippen LogP contribution is 2.13. The van der Waals surface area contributed by atoms with Crippen LogP contribution < -0.4 is 10.6 Å². The van der Waals surface area contributed by atoms with E-state index in [0.717, 1.165) is 30.6 Å². The van der Waals surface area contributed by atoms with Gasteiger partial charge in [0.1, 0.15) is 5.82 Å². The van der Waals surface area contributed by atoms with Crippen LogP contribution in [0.2, 0.25) is 0 Å². The lowest BCUT2D eigenvalue weighted by Gasteiger charge is -2.21. The predicted molar refractivity (Wildman–Crippen MR) is 96.0 cm³/mol. The van der Waals surface area contributed by atoms with E-state index in [1.807, 2.05) is 0 Å². The molecule has 0 aliphatic carbocycles. The molecule has 0 saturated heterocycles. The van der Waals surface area contributed by atoms with Crippen molar-refractivity contribution in [2.75, 3.05) is 7.05 Å². The van der Waals surface area contributed by atoms with E-state index in [0.29, 0.717) is 18.5 Å². The smallest absolute Gasteiger partial charge is 0.191 e. The Bertz CT molecular complexity index is 468. The number of aliphatic imine (C=N–C) groups is 1. The topological polar surface area (TPSA) is 67.1 Å². The summed E-state index contributed by atoms with van der Waals surface area (Å²) in [5, 5.41) is 15.3. The van der Waals surface area contributed by atoms with Crippen LogP contribution >= 0.6 is 24.0 Å². The zero-order valence-electron chi connectivity index (χ0n) is 13.4. The number of nitrogens with one attached hydrogen (secondary N) is 2. The summed E-state index contributed by atoms with van der Waals surface area (Å²) in [6.07, 6.45) is 3.49. The summed E-state index contributed by atoms with van der Waals surface area (Å²) >= 11 is 0. The molecule has 2 N–H and O–H groups in total. The molecule has 0 amide bonds. The number of hydrogen-bond acceptors (Lipinski definition) is 3. The van der Waals surface area contributed by atoms with Crippen LogP contribution in [0, 0.1) is 5.92 Å². The van der Waals surface area contributed by atoms with E-state index in [9.17, 15) is 0 Å². The molecule has 0 spiro atoms. The summed E-state index contributed by atoms with van der Waals surface area (Å²) in [6, 6.07) is 0.383. The second kappa shape index (κ2) is 8.55. The molecule has 2 heterocycles. The number of aromatic nitrogens is 3. The van der Waals surface area contributed by atoms with Gasteiger partial charge in [0, 0.05) is 26.1 Å². The van der Waals surface area contributed by atoms with Gasteiger partial charge in [0.15, 0.2) is 11.8 Å². The van der Waals surface area contributed by atoms with Crippen LogP contribution in [-0.4, -0.2) is 33.8 Å². The number of hydrogen-bond donors (Lipinski definition) is 2. The van der Waals surface area contributed by atoms with Crippen LogP contribution in [-0.2, 0) is 19.5 Å². The van der Waals surface area contributed by atoms with Crippen LogP contribution in [0.4, 0.5) is 0 Å². The van der Waals surface area contributed by atoms with Crippen LogP contribution in [0.1, 0.15) is 45.3 Å². The Morgan fingerprint density at radius 2 is 2.05 bits per heavy atom. The van der Waals surface area contributed by atoms with Gasteiger partial charge in [-0.05, 0) is 25.7 Å². The third kappa shape index (κ3) is 4.82. The highest BCUT2D eigenvalue weighted by atomic mass is 127. The molecule has 1 unspecified atom stereocenters. The number of aryl methyl sites for hydroxylation is 1. The highest BCUT2D eigenvalue weighted by Gasteiger charge is 2.16. The van der Waals surface area contributed by atoms with E-state index in [-0.39, 0.29) is 24.0 Å². The van der Waals surface area contributed by atoms with Crippen molar-refractivity contribution in [1.82, 2.24) is 25.4 Å². The van der Waals surface area contributed by atoms with E-state index in [1.165, 1.54) is 12.8 Å². The molecule has 1 aromatic heterocycles. The predicted octanol–water partition coefficient (Wildman–Crippen LogP) is 1.94. The normalized spacial score (nSPS) is 16.1. The van der Waals surface area contributed by atoms with Crippen molar-refractivity contribution < 1.29 is 0 Å². The van der Waals surface area contributed by atoms with Crippen molar-refractivity contribution in [3.8, 4) is 0 Å². The molecule has 1 aliphatic heterocycles. The fraction of sp³-hybridized carbons (Fsp3) is 0.786. The minimum atomic E-state index is 0. The average molecular weight is 406 g/mol. The van der Waals surface area contributed by atoms with Gasteiger partial charge in [-0.3, -0.25) is 4.99 Å². The van der Waals surface area contributed by atoms with Gasteiger partial charge >= 0.3 is 0 Å². The first-order chi connectivity index (χ1) is 9.61. The summed E-state index contributed by atoms with van der Waals surface area (Å²) in [4.78, 5) is 4.26. The van der Waals surface area contributed by atoms with Crippen molar-refractivity contribution in [2.45, 2.75) is 59.2 Å². The number of nitrogens with zero attached hydrogens (tertiary/aromatic N) is 4. The van der Waals surface area contributed by atoms with E-state index in [2.05, 4.69) is 51.2 Å². The molecule has 0 fully saturated rings. The van der Waals surface area contributed by atoms with Crippen molar-refractivity contribution in [3.05, 3.63) is 11.6 Å². The van der Waals surface area contributed by atoms with Crippen molar-refractivity contribution in [2.24, 2.45) is 10.9 Å². The maximum atomic E-state index is 4.29.